The van der Waals surface area contributed by atoms with Crippen LogP contribution in [0.15, 0.2) is 17.1 Å². The highest BCUT2D eigenvalue weighted by Gasteiger charge is 2.51. The minimum absolute atomic E-state index is 0.0641. The Morgan fingerprint density at radius 3 is 2.19 bits per heavy atom. The monoisotopic (exact) mass is 533 g/mol. The first kappa shape index (κ1) is 28.9. The molecule has 186 valence electrons. The topological polar surface area (TPSA) is 261 Å². The Morgan fingerprint density at radius 2 is 1.72 bits per heavy atom. The Hall–Kier alpha value is -1.13. The molecule has 1 aromatic heterocycles. The van der Waals surface area contributed by atoms with Crippen LogP contribution >= 0.6 is 23.5 Å². The fourth-order valence-corrected chi connectivity index (χ4v) is 5.26. The van der Waals surface area contributed by atoms with E-state index in [9.17, 15) is 42.4 Å². The van der Waals surface area contributed by atoms with Crippen LogP contribution in [0, 0.1) is 5.92 Å². The number of aliphatic hydroxyl groups excluding tert-OH is 2. The van der Waals surface area contributed by atoms with Crippen LogP contribution in [0.4, 0.5) is 14.6 Å². The number of rotatable bonds is 12. The summed E-state index contributed by atoms with van der Waals surface area (Å²) in [5, 5.41) is 19.9. The lowest BCUT2D eigenvalue weighted by atomic mass is 9.94. The number of halogens is 2. The first-order valence-corrected chi connectivity index (χ1v) is 12.7. The van der Waals surface area contributed by atoms with Gasteiger partial charge < -0.3 is 35.5 Å². The number of nitrogen functional groups attached to an aromatic ring is 1. The second kappa shape index (κ2) is 10.4. The average Bonchev–Trinajstić information content (AvgIpc) is 2.58. The summed E-state index contributed by atoms with van der Waals surface area (Å²) in [6.45, 7) is -0.0216. The fraction of sp³-hybridized carbons (Fsp3) is 0.636. The molecule has 0 saturated heterocycles. The average molecular weight is 533 g/mol. The molecule has 16 nitrogen and oxygen atoms in total. The maximum absolute atomic E-state index is 14.6. The summed E-state index contributed by atoms with van der Waals surface area (Å²) in [6, 6.07) is 0.916. The van der Waals surface area contributed by atoms with Crippen molar-refractivity contribution < 1.29 is 65.4 Å². The summed E-state index contributed by atoms with van der Waals surface area (Å²) in [6.07, 6.45) is -5.45. The zero-order valence-corrected chi connectivity index (χ0v) is 18.6. The van der Waals surface area contributed by atoms with Gasteiger partial charge >= 0.3 is 35.1 Å². The van der Waals surface area contributed by atoms with Crippen LogP contribution in [0.3, 0.4) is 0 Å². The van der Waals surface area contributed by atoms with E-state index in [2.05, 4.69) is 18.1 Å². The number of phosphoric acid groups is 3. The second-order valence-corrected chi connectivity index (χ2v) is 10.5. The van der Waals surface area contributed by atoms with Gasteiger partial charge in [0.15, 0.2) is 0 Å². The maximum Gasteiger partial charge on any atom is 0.490 e. The van der Waals surface area contributed by atoms with Gasteiger partial charge in [-0.1, -0.05) is 6.92 Å². The van der Waals surface area contributed by atoms with Gasteiger partial charge in [-0.25, -0.2) is 18.5 Å². The molecule has 21 heteroatoms. The first-order chi connectivity index (χ1) is 14.3. The van der Waals surface area contributed by atoms with Gasteiger partial charge in [0.05, 0.1) is 6.61 Å². The summed E-state index contributed by atoms with van der Waals surface area (Å²) in [4.78, 5) is 50.1. The summed E-state index contributed by atoms with van der Waals surface area (Å²) in [7, 11) is -17.1. The van der Waals surface area contributed by atoms with Crippen molar-refractivity contribution in [2.75, 3.05) is 12.3 Å². The predicted octanol–water partition coefficient (Wildman–Crippen LogP) is -0.318. The van der Waals surface area contributed by atoms with Gasteiger partial charge in [0, 0.05) is 12.1 Å². The third-order valence-corrected chi connectivity index (χ3v) is 7.49. The van der Waals surface area contributed by atoms with Crippen molar-refractivity contribution in [2.24, 2.45) is 5.92 Å². The molecule has 0 aliphatic heterocycles. The largest absolute Gasteiger partial charge is 0.490 e. The van der Waals surface area contributed by atoms with E-state index in [1.54, 1.807) is 0 Å². The van der Waals surface area contributed by atoms with Crippen molar-refractivity contribution >= 4 is 29.3 Å². The van der Waals surface area contributed by atoms with E-state index in [0.29, 0.717) is 6.20 Å². The summed E-state index contributed by atoms with van der Waals surface area (Å²) in [5.41, 5.74) is 3.84. The SMILES string of the molecule is CC[C@@H](COP(=O)(O)OP(=O)(O)OP(=O)(O)O)[C@@H](O)C(F)(F)[C@@H](O)n1ccc(N)nc1=O. The van der Waals surface area contributed by atoms with Gasteiger partial charge in [-0.15, -0.1) is 0 Å². The van der Waals surface area contributed by atoms with Crippen molar-refractivity contribution in [3.8, 4) is 0 Å². The van der Waals surface area contributed by atoms with Gasteiger partial charge in [-0.05, 0) is 12.5 Å². The molecule has 0 spiro atoms. The van der Waals surface area contributed by atoms with E-state index in [1.165, 1.54) is 6.92 Å². The van der Waals surface area contributed by atoms with E-state index >= 15 is 0 Å². The van der Waals surface area contributed by atoms with Crippen LogP contribution in [-0.4, -0.2) is 58.0 Å². The van der Waals surface area contributed by atoms with E-state index in [-0.39, 0.29) is 16.8 Å². The Morgan fingerprint density at radius 1 is 1.16 bits per heavy atom. The number of alkyl halides is 2. The molecular formula is C11H20F2N3O13P3. The molecule has 0 aromatic carbocycles. The highest BCUT2D eigenvalue weighted by molar-refractivity contribution is 7.66. The number of aliphatic hydroxyl groups is 2. The van der Waals surface area contributed by atoms with Crippen LogP contribution < -0.4 is 11.4 Å². The fourth-order valence-electron chi connectivity index (χ4n) is 2.19. The number of hydrogen-bond acceptors (Lipinski definition) is 11. The number of nitrogens with two attached hydrogens (primary N) is 1. The lowest BCUT2D eigenvalue weighted by Crippen LogP contribution is -2.49. The van der Waals surface area contributed by atoms with Crippen molar-refractivity contribution in [1.29, 1.82) is 0 Å². The predicted molar refractivity (Wildman–Crippen MR) is 98.7 cm³/mol. The quantitative estimate of drug-likeness (QED) is 0.170. The third kappa shape index (κ3) is 8.33. The van der Waals surface area contributed by atoms with Crippen molar-refractivity contribution in [3.05, 3.63) is 22.7 Å². The number of phosphoric ester groups is 1. The lowest BCUT2D eigenvalue weighted by molar-refractivity contribution is -0.220. The van der Waals surface area contributed by atoms with E-state index in [1.807, 2.05) is 0 Å². The highest BCUT2D eigenvalue weighted by atomic mass is 31.3. The van der Waals surface area contributed by atoms with E-state index in [4.69, 9.17) is 20.4 Å². The molecule has 0 amide bonds. The van der Waals surface area contributed by atoms with E-state index < -0.39 is 59.9 Å². The van der Waals surface area contributed by atoms with Crippen LogP contribution in [-0.2, 0) is 26.8 Å². The molecule has 0 bridgehead atoms. The molecule has 1 heterocycles. The smallest absolute Gasteiger partial charge is 0.386 e. The standard InChI is InChI=1S/C11H20F2N3O13P3/c1-2-6(5-27-31(23,24)29-32(25,26)28-30(20,21)22)8(17)11(12,13)9(18)16-4-3-7(14)15-10(16)19/h3-4,6,8-9,17-18H,2,5H2,1H3,(H,23,24)(H,25,26)(H2,14,15,19)(H2,20,21,22)/t6-,8+,9+/m0/s1. The third-order valence-electron chi connectivity index (χ3n) is 3.69. The summed E-state index contributed by atoms with van der Waals surface area (Å²) in [5.74, 6) is -6.52. The minimum atomic E-state index is -5.83. The van der Waals surface area contributed by atoms with E-state index in [0.717, 1.165) is 6.07 Å². The van der Waals surface area contributed by atoms with Crippen LogP contribution in [0.25, 0.3) is 0 Å². The molecule has 8 N–H and O–H groups in total. The Bertz CT molecular complexity index is 1000. The molecule has 5 atom stereocenters. The molecule has 2 unspecified atom stereocenters. The summed E-state index contributed by atoms with van der Waals surface area (Å²) >= 11 is 0. The summed E-state index contributed by atoms with van der Waals surface area (Å²) < 4.78 is 73.9. The Kier molecular flexibility index (Phi) is 9.42. The Labute approximate surface area is 177 Å². The zero-order chi connectivity index (χ0) is 25.1. The normalized spacial score (nSPS) is 19.5. The second-order valence-electron chi connectivity index (χ2n) is 6.09. The van der Waals surface area contributed by atoms with Crippen molar-refractivity contribution in [3.63, 3.8) is 0 Å². The molecule has 1 aromatic rings. The number of hydrogen-bond donors (Lipinski definition) is 7. The maximum atomic E-state index is 14.6. The zero-order valence-electron chi connectivity index (χ0n) is 15.9. The Balaban J connectivity index is 2.96. The molecule has 0 aliphatic carbocycles. The molecule has 1 rings (SSSR count). The van der Waals surface area contributed by atoms with Gasteiger partial charge in [0.1, 0.15) is 11.9 Å². The van der Waals surface area contributed by atoms with Gasteiger partial charge in [-0.3, -0.25) is 9.09 Å². The van der Waals surface area contributed by atoms with Gasteiger partial charge in [-0.2, -0.15) is 22.4 Å². The molecule has 0 radical (unpaired) electrons. The molecule has 32 heavy (non-hydrogen) atoms. The van der Waals surface area contributed by atoms with Crippen molar-refractivity contribution in [2.45, 2.75) is 31.6 Å². The first-order valence-electron chi connectivity index (χ1n) is 8.18. The lowest BCUT2D eigenvalue weighted by Gasteiger charge is -2.32. The number of anilines is 1. The molecule has 0 aliphatic rings. The molecule has 0 fully saturated rings. The minimum Gasteiger partial charge on any atom is -0.386 e. The van der Waals surface area contributed by atoms with Crippen LogP contribution in [0.1, 0.15) is 19.6 Å². The van der Waals surface area contributed by atoms with Crippen LogP contribution in [0.2, 0.25) is 0 Å². The molecular weight excluding hydrogens is 513 g/mol. The number of nitrogens with zero attached hydrogens (tertiary/aromatic N) is 2. The van der Waals surface area contributed by atoms with Gasteiger partial charge in [0.2, 0.25) is 6.23 Å². The van der Waals surface area contributed by atoms with Crippen LogP contribution in [0.5, 0.6) is 0 Å². The molecule has 0 saturated carbocycles. The van der Waals surface area contributed by atoms with Crippen molar-refractivity contribution in [1.82, 2.24) is 9.55 Å². The van der Waals surface area contributed by atoms with Gasteiger partial charge in [0.25, 0.3) is 0 Å². The highest BCUT2D eigenvalue weighted by Crippen LogP contribution is 2.66. The number of aromatic nitrogens is 2.